The molecule has 1 aromatic rings. The summed E-state index contributed by atoms with van der Waals surface area (Å²) >= 11 is 0. The molecule has 2 rings (SSSR count). The second-order valence-electron chi connectivity index (χ2n) is 5.21. The first-order valence-electron chi connectivity index (χ1n) is 7.07. The molecule has 1 aliphatic rings. The molecule has 1 aliphatic heterocycles. The summed E-state index contributed by atoms with van der Waals surface area (Å²) in [6, 6.07) is 7.37. The van der Waals surface area contributed by atoms with Gasteiger partial charge < -0.3 is 15.1 Å². The Bertz CT molecular complexity index is 517. The molecular weight excluding hydrogens is 266 g/mol. The Morgan fingerprint density at radius 2 is 1.81 bits per heavy atom. The zero-order valence-corrected chi connectivity index (χ0v) is 12.3. The Kier molecular flexibility index (Phi) is 5.11. The quantitative estimate of drug-likeness (QED) is 0.836. The van der Waals surface area contributed by atoms with Crippen LogP contribution < -0.4 is 5.32 Å². The highest BCUT2D eigenvalue weighted by molar-refractivity contribution is 5.94. The Hall–Kier alpha value is -2.14. The van der Waals surface area contributed by atoms with E-state index in [9.17, 15) is 9.59 Å². The third-order valence-electron chi connectivity index (χ3n) is 3.64. The lowest BCUT2D eigenvalue weighted by atomic mass is 10.1. The van der Waals surface area contributed by atoms with E-state index in [1.807, 2.05) is 29.2 Å². The van der Waals surface area contributed by atoms with E-state index in [4.69, 9.17) is 0 Å². The van der Waals surface area contributed by atoms with Crippen LogP contribution in [-0.2, 0) is 11.3 Å². The van der Waals surface area contributed by atoms with E-state index >= 15 is 0 Å². The molecule has 0 radical (unpaired) electrons. The van der Waals surface area contributed by atoms with Crippen molar-refractivity contribution in [3.63, 3.8) is 0 Å². The van der Waals surface area contributed by atoms with Crippen LogP contribution in [0.5, 0.6) is 0 Å². The minimum absolute atomic E-state index is 0.0739. The van der Waals surface area contributed by atoms with Crippen LogP contribution in [0.15, 0.2) is 36.9 Å². The number of hydrogen-bond acceptors (Lipinski definition) is 3. The molecule has 0 atom stereocenters. The predicted molar refractivity (Wildman–Crippen MR) is 81.9 cm³/mol. The van der Waals surface area contributed by atoms with Crippen LogP contribution in [0, 0.1) is 0 Å². The summed E-state index contributed by atoms with van der Waals surface area (Å²) in [5.74, 6) is -0.127. The number of hydrogen-bond donors (Lipinski definition) is 1. The van der Waals surface area contributed by atoms with Crippen molar-refractivity contribution in [2.75, 3.05) is 33.2 Å². The SMILES string of the molecule is C=CC(=O)NCc1ccc(C(=O)N2CCN(C)CC2)cc1. The summed E-state index contributed by atoms with van der Waals surface area (Å²) in [5.41, 5.74) is 1.65. The number of rotatable bonds is 4. The van der Waals surface area contributed by atoms with Crippen molar-refractivity contribution in [3.05, 3.63) is 48.0 Å². The minimum atomic E-state index is -0.201. The number of piperazine rings is 1. The number of benzene rings is 1. The van der Waals surface area contributed by atoms with Crippen molar-refractivity contribution in [1.29, 1.82) is 0 Å². The van der Waals surface area contributed by atoms with Crippen LogP contribution in [0.4, 0.5) is 0 Å². The maximum atomic E-state index is 12.4. The van der Waals surface area contributed by atoms with Gasteiger partial charge in [-0.3, -0.25) is 9.59 Å². The molecule has 1 N–H and O–H groups in total. The summed E-state index contributed by atoms with van der Waals surface area (Å²) in [6.07, 6.45) is 1.24. The molecule has 1 heterocycles. The molecule has 2 amide bonds. The first-order chi connectivity index (χ1) is 10.1. The lowest BCUT2D eigenvalue weighted by Crippen LogP contribution is -2.47. The third kappa shape index (κ3) is 4.16. The van der Waals surface area contributed by atoms with Gasteiger partial charge in [0.1, 0.15) is 0 Å². The van der Waals surface area contributed by atoms with Crippen LogP contribution in [0.3, 0.4) is 0 Å². The molecule has 1 fully saturated rings. The van der Waals surface area contributed by atoms with Crippen LogP contribution in [-0.4, -0.2) is 54.8 Å². The molecular formula is C16H21N3O2. The number of carbonyl (C=O) groups excluding carboxylic acids is 2. The van der Waals surface area contributed by atoms with Crippen molar-refractivity contribution in [2.24, 2.45) is 0 Å². The van der Waals surface area contributed by atoms with E-state index in [0.717, 1.165) is 31.7 Å². The predicted octanol–water partition coefficient (Wildman–Crippen LogP) is 0.876. The average molecular weight is 287 g/mol. The van der Waals surface area contributed by atoms with Gasteiger partial charge in [-0.25, -0.2) is 0 Å². The normalized spacial score (nSPS) is 15.6. The standard InChI is InChI=1S/C16H21N3O2/c1-3-15(20)17-12-13-4-6-14(7-5-13)16(21)19-10-8-18(2)9-11-19/h3-7H,1,8-12H2,2H3,(H,17,20). The average Bonchev–Trinajstić information content (AvgIpc) is 2.53. The fourth-order valence-corrected chi connectivity index (χ4v) is 2.22. The summed E-state index contributed by atoms with van der Waals surface area (Å²) in [4.78, 5) is 27.6. The van der Waals surface area contributed by atoms with E-state index in [1.54, 1.807) is 0 Å². The highest BCUT2D eigenvalue weighted by Crippen LogP contribution is 2.10. The number of nitrogens with zero attached hydrogens (tertiary/aromatic N) is 2. The molecule has 0 unspecified atom stereocenters. The molecule has 0 bridgehead atoms. The van der Waals surface area contributed by atoms with Gasteiger partial charge in [0.2, 0.25) is 5.91 Å². The molecule has 1 aromatic carbocycles. The second-order valence-corrected chi connectivity index (χ2v) is 5.21. The Morgan fingerprint density at radius 3 is 2.38 bits per heavy atom. The minimum Gasteiger partial charge on any atom is -0.348 e. The van der Waals surface area contributed by atoms with E-state index < -0.39 is 0 Å². The Labute approximate surface area is 125 Å². The monoisotopic (exact) mass is 287 g/mol. The summed E-state index contributed by atoms with van der Waals surface area (Å²) < 4.78 is 0. The lowest BCUT2D eigenvalue weighted by molar-refractivity contribution is -0.116. The molecule has 0 aromatic heterocycles. The fourth-order valence-electron chi connectivity index (χ4n) is 2.22. The molecule has 1 saturated heterocycles. The van der Waals surface area contributed by atoms with Gasteiger partial charge in [-0.15, -0.1) is 0 Å². The van der Waals surface area contributed by atoms with E-state index in [-0.39, 0.29) is 11.8 Å². The van der Waals surface area contributed by atoms with Crippen molar-refractivity contribution in [1.82, 2.24) is 15.1 Å². The van der Waals surface area contributed by atoms with Crippen molar-refractivity contribution < 1.29 is 9.59 Å². The summed E-state index contributed by atoms with van der Waals surface area (Å²) in [6.45, 7) is 7.21. The largest absolute Gasteiger partial charge is 0.348 e. The van der Waals surface area contributed by atoms with Gasteiger partial charge >= 0.3 is 0 Å². The zero-order valence-electron chi connectivity index (χ0n) is 12.3. The van der Waals surface area contributed by atoms with Gasteiger partial charge in [0.15, 0.2) is 0 Å². The van der Waals surface area contributed by atoms with Crippen LogP contribution >= 0.6 is 0 Å². The molecule has 5 nitrogen and oxygen atoms in total. The molecule has 0 spiro atoms. The Morgan fingerprint density at radius 1 is 1.19 bits per heavy atom. The number of amides is 2. The van der Waals surface area contributed by atoms with Gasteiger partial charge in [0.25, 0.3) is 5.91 Å². The number of carbonyl (C=O) groups is 2. The molecule has 0 saturated carbocycles. The van der Waals surface area contributed by atoms with E-state index in [1.165, 1.54) is 6.08 Å². The summed E-state index contributed by atoms with van der Waals surface area (Å²) in [7, 11) is 2.06. The van der Waals surface area contributed by atoms with Crippen molar-refractivity contribution >= 4 is 11.8 Å². The highest BCUT2D eigenvalue weighted by Gasteiger charge is 2.20. The first-order valence-corrected chi connectivity index (χ1v) is 7.07. The van der Waals surface area contributed by atoms with Crippen LogP contribution in [0.25, 0.3) is 0 Å². The first kappa shape index (κ1) is 15.3. The van der Waals surface area contributed by atoms with Crippen molar-refractivity contribution in [2.45, 2.75) is 6.54 Å². The zero-order chi connectivity index (χ0) is 15.2. The van der Waals surface area contributed by atoms with Crippen LogP contribution in [0.1, 0.15) is 15.9 Å². The summed E-state index contributed by atoms with van der Waals surface area (Å²) in [5, 5.41) is 2.71. The van der Waals surface area contributed by atoms with Gasteiger partial charge in [-0.05, 0) is 30.8 Å². The number of likely N-dealkylation sites (N-methyl/N-ethyl adjacent to an activating group) is 1. The Balaban J connectivity index is 1.93. The molecule has 0 aliphatic carbocycles. The third-order valence-corrected chi connectivity index (χ3v) is 3.64. The van der Waals surface area contributed by atoms with E-state index in [2.05, 4.69) is 23.8 Å². The van der Waals surface area contributed by atoms with Gasteiger partial charge in [-0.2, -0.15) is 0 Å². The lowest BCUT2D eigenvalue weighted by Gasteiger charge is -2.32. The molecule has 21 heavy (non-hydrogen) atoms. The molecule has 112 valence electrons. The van der Waals surface area contributed by atoms with Gasteiger partial charge in [-0.1, -0.05) is 18.7 Å². The van der Waals surface area contributed by atoms with Gasteiger partial charge in [0, 0.05) is 38.3 Å². The van der Waals surface area contributed by atoms with Crippen LogP contribution in [0.2, 0.25) is 0 Å². The maximum absolute atomic E-state index is 12.4. The second kappa shape index (κ2) is 7.04. The van der Waals surface area contributed by atoms with E-state index in [0.29, 0.717) is 12.1 Å². The smallest absolute Gasteiger partial charge is 0.253 e. The fraction of sp³-hybridized carbons (Fsp3) is 0.375. The van der Waals surface area contributed by atoms with Gasteiger partial charge in [0.05, 0.1) is 0 Å². The highest BCUT2D eigenvalue weighted by atomic mass is 16.2. The molecule has 5 heteroatoms. The number of nitrogens with one attached hydrogen (secondary N) is 1. The topological polar surface area (TPSA) is 52.7 Å². The maximum Gasteiger partial charge on any atom is 0.253 e. The van der Waals surface area contributed by atoms with Crippen molar-refractivity contribution in [3.8, 4) is 0 Å².